The standard InChI is InChI=1S/C20H23NO2S.ClH/c1-23-18-10-9-16-13-15-7-3-4-8-19(15)24(22)20(16)17(18)14-21-11-5-2-6-12-21;/h3-4,7-10H,2,5-6,11-14H2,1H3;1H. The van der Waals surface area contributed by atoms with Gasteiger partial charge in [0.2, 0.25) is 0 Å². The Labute approximate surface area is 159 Å². The quantitative estimate of drug-likeness (QED) is 0.753. The molecular formula is C20H24ClNO2S. The van der Waals surface area contributed by atoms with E-state index in [1.54, 1.807) is 7.11 Å². The molecule has 1 atom stereocenters. The van der Waals surface area contributed by atoms with Gasteiger partial charge in [-0.25, -0.2) is 0 Å². The van der Waals surface area contributed by atoms with Crippen LogP contribution in [0.5, 0.6) is 5.75 Å². The predicted octanol–water partition coefficient (Wildman–Crippen LogP) is 4.17. The molecule has 0 spiro atoms. The molecule has 0 saturated carbocycles. The summed E-state index contributed by atoms with van der Waals surface area (Å²) in [6.45, 7) is 3.08. The Morgan fingerprint density at radius 1 is 1.04 bits per heavy atom. The lowest BCUT2D eigenvalue weighted by Gasteiger charge is -2.30. The third-order valence-corrected chi connectivity index (χ3v) is 6.77. The fourth-order valence-corrected chi connectivity index (χ4v) is 5.42. The number of rotatable bonds is 3. The summed E-state index contributed by atoms with van der Waals surface area (Å²) >= 11 is -1.12. The van der Waals surface area contributed by atoms with Gasteiger partial charge in [0.15, 0.2) is 9.79 Å². The van der Waals surface area contributed by atoms with Crippen molar-refractivity contribution in [3.8, 4) is 5.75 Å². The second-order valence-corrected chi connectivity index (χ2v) is 8.01. The first-order chi connectivity index (χ1) is 11.8. The summed E-state index contributed by atoms with van der Waals surface area (Å²) in [7, 11) is 1.71. The predicted molar refractivity (Wildman–Crippen MR) is 103 cm³/mol. The minimum Gasteiger partial charge on any atom is -0.606 e. The SMILES string of the molecule is COc1ccc2c(c1CN1CCCCC1)[S+]([O-])c1ccccc1C2.Cl. The number of piperidine rings is 1. The number of nitrogens with zero attached hydrogens (tertiary/aromatic N) is 1. The Hall–Kier alpha value is -1.20. The third-order valence-electron chi connectivity index (χ3n) is 5.09. The van der Waals surface area contributed by atoms with E-state index in [0.717, 1.165) is 47.2 Å². The van der Waals surface area contributed by atoms with Crippen LogP contribution >= 0.6 is 12.4 Å². The topological polar surface area (TPSA) is 35.5 Å². The number of hydrogen-bond donors (Lipinski definition) is 0. The zero-order valence-electron chi connectivity index (χ0n) is 14.5. The van der Waals surface area contributed by atoms with Crippen LogP contribution < -0.4 is 4.74 Å². The maximum Gasteiger partial charge on any atom is 0.170 e. The molecule has 0 aliphatic carbocycles. The van der Waals surface area contributed by atoms with E-state index in [1.807, 2.05) is 24.3 Å². The average molecular weight is 378 g/mol. The molecule has 0 radical (unpaired) electrons. The fraction of sp³-hybridized carbons (Fsp3) is 0.400. The van der Waals surface area contributed by atoms with Gasteiger partial charge in [-0.05, 0) is 44.1 Å². The van der Waals surface area contributed by atoms with Gasteiger partial charge in [-0.1, -0.05) is 24.6 Å². The maximum atomic E-state index is 13.3. The van der Waals surface area contributed by atoms with Crippen molar-refractivity contribution in [3.63, 3.8) is 0 Å². The second kappa shape index (κ2) is 8.00. The van der Waals surface area contributed by atoms with Crippen molar-refractivity contribution in [2.24, 2.45) is 0 Å². The van der Waals surface area contributed by atoms with Gasteiger partial charge in [-0.3, -0.25) is 4.90 Å². The minimum atomic E-state index is -1.12. The number of methoxy groups -OCH3 is 1. The van der Waals surface area contributed by atoms with Crippen molar-refractivity contribution in [1.82, 2.24) is 4.90 Å². The van der Waals surface area contributed by atoms with Gasteiger partial charge in [0.25, 0.3) is 0 Å². The van der Waals surface area contributed by atoms with Crippen LogP contribution in [0, 0.1) is 0 Å². The molecule has 2 aliphatic heterocycles. The molecule has 5 heteroatoms. The molecule has 2 aliphatic rings. The van der Waals surface area contributed by atoms with E-state index in [9.17, 15) is 4.55 Å². The Morgan fingerprint density at radius 2 is 1.80 bits per heavy atom. The largest absolute Gasteiger partial charge is 0.606 e. The zero-order chi connectivity index (χ0) is 16.5. The number of benzene rings is 2. The molecule has 25 heavy (non-hydrogen) atoms. The Bertz CT molecular complexity index is 746. The molecule has 1 saturated heterocycles. The molecule has 4 rings (SSSR count). The molecule has 3 nitrogen and oxygen atoms in total. The minimum absolute atomic E-state index is 0. The number of halogens is 1. The Morgan fingerprint density at radius 3 is 2.56 bits per heavy atom. The van der Waals surface area contributed by atoms with Crippen LogP contribution in [0.3, 0.4) is 0 Å². The van der Waals surface area contributed by atoms with Crippen LogP contribution in [0.2, 0.25) is 0 Å². The van der Waals surface area contributed by atoms with Crippen LogP contribution in [-0.2, 0) is 24.1 Å². The Balaban J connectivity index is 0.00000182. The first-order valence-electron chi connectivity index (χ1n) is 8.68. The van der Waals surface area contributed by atoms with Crippen molar-refractivity contribution in [1.29, 1.82) is 0 Å². The maximum absolute atomic E-state index is 13.3. The van der Waals surface area contributed by atoms with Gasteiger partial charge < -0.3 is 9.29 Å². The van der Waals surface area contributed by atoms with E-state index in [2.05, 4.69) is 17.0 Å². The second-order valence-electron chi connectivity index (χ2n) is 6.62. The summed E-state index contributed by atoms with van der Waals surface area (Å²) in [5.74, 6) is 0.868. The van der Waals surface area contributed by atoms with Gasteiger partial charge in [0.05, 0.1) is 12.7 Å². The average Bonchev–Trinajstić information content (AvgIpc) is 2.63. The van der Waals surface area contributed by atoms with E-state index in [4.69, 9.17) is 4.74 Å². The smallest absolute Gasteiger partial charge is 0.170 e. The van der Waals surface area contributed by atoms with Crippen molar-refractivity contribution in [2.45, 2.75) is 42.0 Å². The molecule has 1 unspecified atom stereocenters. The molecule has 2 heterocycles. The van der Waals surface area contributed by atoms with Crippen LogP contribution in [0.25, 0.3) is 0 Å². The molecular weight excluding hydrogens is 354 g/mol. The first kappa shape index (κ1) is 18.6. The molecule has 2 aromatic rings. The summed E-state index contributed by atoms with van der Waals surface area (Å²) in [6.07, 6.45) is 4.68. The molecule has 1 fully saturated rings. The van der Waals surface area contributed by atoms with E-state index in [1.165, 1.54) is 30.4 Å². The monoisotopic (exact) mass is 377 g/mol. The van der Waals surface area contributed by atoms with Crippen LogP contribution in [0.1, 0.15) is 36.0 Å². The van der Waals surface area contributed by atoms with Crippen LogP contribution in [0.15, 0.2) is 46.2 Å². The van der Waals surface area contributed by atoms with Gasteiger partial charge in [0.1, 0.15) is 5.75 Å². The number of hydrogen-bond acceptors (Lipinski definition) is 3. The van der Waals surface area contributed by atoms with Gasteiger partial charge in [-0.2, -0.15) is 0 Å². The fourth-order valence-electron chi connectivity index (χ4n) is 3.86. The lowest BCUT2D eigenvalue weighted by molar-refractivity contribution is 0.216. The molecule has 2 aromatic carbocycles. The highest BCUT2D eigenvalue weighted by Gasteiger charge is 2.33. The van der Waals surface area contributed by atoms with Crippen LogP contribution in [-0.4, -0.2) is 29.7 Å². The zero-order valence-corrected chi connectivity index (χ0v) is 16.1. The number of ether oxygens (including phenoxy) is 1. The Kier molecular flexibility index (Phi) is 5.95. The van der Waals surface area contributed by atoms with E-state index < -0.39 is 11.2 Å². The summed E-state index contributed by atoms with van der Waals surface area (Å²) in [6, 6.07) is 12.2. The van der Waals surface area contributed by atoms with Crippen molar-refractivity contribution in [3.05, 3.63) is 53.1 Å². The lowest BCUT2D eigenvalue weighted by Crippen LogP contribution is -2.30. The molecule has 0 N–H and O–H groups in total. The number of likely N-dealkylation sites (tertiary alicyclic amines) is 1. The summed E-state index contributed by atoms with van der Waals surface area (Å²) in [5.41, 5.74) is 3.47. The summed E-state index contributed by atoms with van der Waals surface area (Å²) in [4.78, 5) is 4.41. The number of fused-ring (bicyclic) bond motifs is 2. The highest BCUT2D eigenvalue weighted by atomic mass is 35.5. The van der Waals surface area contributed by atoms with Gasteiger partial charge >= 0.3 is 0 Å². The first-order valence-corrected chi connectivity index (χ1v) is 9.83. The van der Waals surface area contributed by atoms with Gasteiger partial charge in [-0.15, -0.1) is 12.4 Å². The summed E-state index contributed by atoms with van der Waals surface area (Å²) < 4.78 is 18.9. The highest BCUT2D eigenvalue weighted by molar-refractivity contribution is 7.91. The summed E-state index contributed by atoms with van der Waals surface area (Å²) in [5, 5.41) is 0. The molecule has 134 valence electrons. The van der Waals surface area contributed by atoms with E-state index >= 15 is 0 Å². The van der Waals surface area contributed by atoms with E-state index in [0.29, 0.717) is 0 Å². The van der Waals surface area contributed by atoms with Crippen molar-refractivity contribution >= 4 is 23.6 Å². The van der Waals surface area contributed by atoms with Crippen molar-refractivity contribution < 1.29 is 9.29 Å². The van der Waals surface area contributed by atoms with Gasteiger partial charge in [0, 0.05) is 35.3 Å². The normalized spacial score (nSPS) is 19.5. The van der Waals surface area contributed by atoms with E-state index in [-0.39, 0.29) is 12.4 Å². The molecule has 0 amide bonds. The third kappa shape index (κ3) is 3.54. The molecule has 0 aromatic heterocycles. The van der Waals surface area contributed by atoms with Crippen molar-refractivity contribution in [2.75, 3.05) is 20.2 Å². The van der Waals surface area contributed by atoms with Crippen LogP contribution in [0.4, 0.5) is 0 Å². The highest BCUT2D eigenvalue weighted by Crippen LogP contribution is 2.40. The molecule has 0 bridgehead atoms. The lowest BCUT2D eigenvalue weighted by atomic mass is 10.0.